The van der Waals surface area contributed by atoms with E-state index in [9.17, 15) is 4.79 Å². The zero-order valence-corrected chi connectivity index (χ0v) is 11.6. The SMILES string of the molecule is CCN(CCNCc1cc(C(=O)OC)co1)C1CC1. The Morgan fingerprint density at radius 1 is 1.58 bits per heavy atom. The van der Waals surface area contributed by atoms with Crippen LogP contribution >= 0.6 is 0 Å². The number of esters is 1. The average molecular weight is 266 g/mol. The van der Waals surface area contributed by atoms with Crippen molar-refractivity contribution < 1.29 is 13.9 Å². The molecule has 1 aliphatic rings. The van der Waals surface area contributed by atoms with Gasteiger partial charge in [0.2, 0.25) is 0 Å². The smallest absolute Gasteiger partial charge is 0.341 e. The van der Waals surface area contributed by atoms with Crippen LogP contribution in [0.25, 0.3) is 0 Å². The number of carbonyl (C=O) groups is 1. The first-order valence-corrected chi connectivity index (χ1v) is 6.85. The van der Waals surface area contributed by atoms with Crippen LogP contribution in [0, 0.1) is 0 Å². The van der Waals surface area contributed by atoms with Crippen LogP contribution in [-0.4, -0.2) is 43.7 Å². The number of methoxy groups -OCH3 is 1. The predicted molar refractivity (Wildman–Crippen MR) is 72.0 cm³/mol. The molecule has 19 heavy (non-hydrogen) atoms. The van der Waals surface area contributed by atoms with E-state index in [1.165, 1.54) is 26.2 Å². The van der Waals surface area contributed by atoms with Crippen molar-refractivity contribution in [2.45, 2.75) is 32.4 Å². The maximum Gasteiger partial charge on any atom is 0.341 e. The van der Waals surface area contributed by atoms with Crippen molar-refractivity contribution >= 4 is 5.97 Å². The zero-order chi connectivity index (χ0) is 13.7. The molecular formula is C14H22N2O3. The van der Waals surface area contributed by atoms with Crippen molar-refractivity contribution in [3.8, 4) is 0 Å². The highest BCUT2D eigenvalue weighted by Crippen LogP contribution is 2.25. The first kappa shape index (κ1) is 14.1. The molecule has 0 aliphatic heterocycles. The second kappa shape index (κ2) is 6.73. The molecule has 0 bridgehead atoms. The summed E-state index contributed by atoms with van der Waals surface area (Å²) in [5, 5.41) is 3.33. The van der Waals surface area contributed by atoms with Crippen molar-refractivity contribution in [1.29, 1.82) is 0 Å². The van der Waals surface area contributed by atoms with Gasteiger partial charge in [-0.25, -0.2) is 4.79 Å². The molecule has 5 heteroatoms. The van der Waals surface area contributed by atoms with Gasteiger partial charge in [0.1, 0.15) is 12.0 Å². The number of hydrogen-bond donors (Lipinski definition) is 1. The number of ether oxygens (including phenoxy) is 1. The Hall–Kier alpha value is -1.33. The van der Waals surface area contributed by atoms with Crippen LogP contribution < -0.4 is 5.32 Å². The molecule has 0 spiro atoms. The summed E-state index contributed by atoms with van der Waals surface area (Å²) in [4.78, 5) is 13.8. The van der Waals surface area contributed by atoms with Gasteiger partial charge in [-0.1, -0.05) is 6.92 Å². The quantitative estimate of drug-likeness (QED) is 0.572. The van der Waals surface area contributed by atoms with Gasteiger partial charge >= 0.3 is 5.97 Å². The molecule has 0 atom stereocenters. The summed E-state index contributed by atoms with van der Waals surface area (Å²) in [6, 6.07) is 2.53. The second-order valence-corrected chi connectivity index (χ2v) is 4.83. The maximum atomic E-state index is 11.3. The van der Waals surface area contributed by atoms with E-state index >= 15 is 0 Å². The van der Waals surface area contributed by atoms with Gasteiger partial charge in [0.15, 0.2) is 0 Å². The molecule has 0 unspecified atom stereocenters. The van der Waals surface area contributed by atoms with Gasteiger partial charge in [0, 0.05) is 19.1 Å². The van der Waals surface area contributed by atoms with E-state index in [2.05, 4.69) is 21.9 Å². The van der Waals surface area contributed by atoms with Crippen LogP contribution in [-0.2, 0) is 11.3 Å². The molecule has 0 amide bonds. The number of hydrogen-bond acceptors (Lipinski definition) is 5. The van der Waals surface area contributed by atoms with Crippen LogP contribution in [0.1, 0.15) is 35.9 Å². The van der Waals surface area contributed by atoms with Crippen molar-refractivity contribution in [3.05, 3.63) is 23.7 Å². The Morgan fingerprint density at radius 2 is 2.37 bits per heavy atom. The Morgan fingerprint density at radius 3 is 3.00 bits per heavy atom. The Balaban J connectivity index is 1.67. The van der Waals surface area contributed by atoms with E-state index in [0.717, 1.165) is 31.4 Å². The molecule has 106 valence electrons. The third-order valence-electron chi connectivity index (χ3n) is 3.42. The largest absolute Gasteiger partial charge is 0.467 e. The van der Waals surface area contributed by atoms with Crippen molar-refractivity contribution in [2.75, 3.05) is 26.7 Å². The lowest BCUT2D eigenvalue weighted by Crippen LogP contribution is -2.33. The Bertz CT molecular complexity index is 413. The highest BCUT2D eigenvalue weighted by molar-refractivity contribution is 5.88. The van der Waals surface area contributed by atoms with Crippen molar-refractivity contribution in [2.24, 2.45) is 0 Å². The first-order chi connectivity index (χ1) is 9.24. The van der Waals surface area contributed by atoms with Crippen LogP contribution in [0.2, 0.25) is 0 Å². The number of rotatable bonds is 8. The van der Waals surface area contributed by atoms with Gasteiger partial charge in [-0.15, -0.1) is 0 Å². The van der Waals surface area contributed by atoms with Gasteiger partial charge < -0.3 is 14.5 Å². The summed E-state index contributed by atoms with van der Waals surface area (Å²) in [6.45, 7) is 5.94. The first-order valence-electron chi connectivity index (χ1n) is 6.85. The molecule has 1 aliphatic carbocycles. The standard InChI is InChI=1S/C14H22N2O3/c1-3-16(12-4-5-12)7-6-15-9-13-8-11(10-19-13)14(17)18-2/h8,10,12,15H,3-7,9H2,1-2H3. The lowest BCUT2D eigenvalue weighted by molar-refractivity contribution is 0.0600. The highest BCUT2D eigenvalue weighted by Gasteiger charge is 2.26. The second-order valence-electron chi connectivity index (χ2n) is 4.83. The van der Waals surface area contributed by atoms with Crippen LogP contribution in [0.3, 0.4) is 0 Å². The summed E-state index contributed by atoms with van der Waals surface area (Å²) < 4.78 is 9.93. The number of likely N-dealkylation sites (N-methyl/N-ethyl adjacent to an activating group) is 1. The van der Waals surface area contributed by atoms with Crippen LogP contribution in [0.15, 0.2) is 16.7 Å². The highest BCUT2D eigenvalue weighted by atomic mass is 16.5. The lowest BCUT2D eigenvalue weighted by atomic mass is 10.3. The zero-order valence-electron chi connectivity index (χ0n) is 11.6. The van der Waals surface area contributed by atoms with Gasteiger partial charge in [0.25, 0.3) is 0 Å². The molecule has 1 N–H and O–H groups in total. The molecule has 2 rings (SSSR count). The van der Waals surface area contributed by atoms with Crippen LogP contribution in [0.5, 0.6) is 0 Å². The Kier molecular flexibility index (Phi) is 4.99. The van der Waals surface area contributed by atoms with E-state index in [0.29, 0.717) is 12.1 Å². The fraction of sp³-hybridized carbons (Fsp3) is 0.643. The van der Waals surface area contributed by atoms with E-state index < -0.39 is 0 Å². The summed E-state index contributed by atoms with van der Waals surface area (Å²) in [6.07, 6.45) is 4.12. The van der Waals surface area contributed by atoms with Crippen LogP contribution in [0.4, 0.5) is 0 Å². The normalized spacial score (nSPS) is 14.9. The van der Waals surface area contributed by atoms with Gasteiger partial charge in [-0.05, 0) is 25.5 Å². The van der Waals surface area contributed by atoms with E-state index in [4.69, 9.17) is 4.42 Å². The average Bonchev–Trinajstić information content (AvgIpc) is 3.16. The minimum atomic E-state index is -0.360. The van der Waals surface area contributed by atoms with E-state index in [-0.39, 0.29) is 5.97 Å². The van der Waals surface area contributed by atoms with Gasteiger partial charge in [-0.2, -0.15) is 0 Å². The minimum Gasteiger partial charge on any atom is -0.467 e. The summed E-state index contributed by atoms with van der Waals surface area (Å²) in [7, 11) is 1.37. The molecule has 0 aromatic carbocycles. The molecule has 1 aromatic rings. The summed E-state index contributed by atoms with van der Waals surface area (Å²) in [5.74, 6) is 0.399. The fourth-order valence-corrected chi connectivity index (χ4v) is 2.17. The molecule has 0 saturated heterocycles. The molecule has 1 fully saturated rings. The van der Waals surface area contributed by atoms with Gasteiger partial charge in [-0.3, -0.25) is 4.90 Å². The number of furan rings is 1. The molecule has 1 saturated carbocycles. The summed E-state index contributed by atoms with van der Waals surface area (Å²) >= 11 is 0. The van der Waals surface area contributed by atoms with E-state index in [1.807, 2.05) is 0 Å². The lowest BCUT2D eigenvalue weighted by Gasteiger charge is -2.19. The van der Waals surface area contributed by atoms with Crippen molar-refractivity contribution in [1.82, 2.24) is 10.2 Å². The Labute approximate surface area is 113 Å². The summed E-state index contributed by atoms with van der Waals surface area (Å²) in [5.41, 5.74) is 0.465. The maximum absolute atomic E-state index is 11.3. The third-order valence-corrected chi connectivity index (χ3v) is 3.42. The molecule has 5 nitrogen and oxygen atoms in total. The van der Waals surface area contributed by atoms with Crippen molar-refractivity contribution in [3.63, 3.8) is 0 Å². The van der Waals surface area contributed by atoms with E-state index in [1.54, 1.807) is 6.07 Å². The number of nitrogens with one attached hydrogen (secondary N) is 1. The number of carbonyl (C=O) groups excluding carboxylic acids is 1. The van der Waals surface area contributed by atoms with Gasteiger partial charge in [0.05, 0.1) is 19.2 Å². The molecule has 0 radical (unpaired) electrons. The molecule has 1 aromatic heterocycles. The molecular weight excluding hydrogens is 244 g/mol. The topological polar surface area (TPSA) is 54.7 Å². The minimum absolute atomic E-state index is 0.360. The monoisotopic (exact) mass is 266 g/mol. The molecule has 1 heterocycles. The third kappa shape index (κ3) is 4.08. The predicted octanol–water partition coefficient (Wildman–Crippen LogP) is 1.64. The number of nitrogens with zero attached hydrogens (tertiary/aromatic N) is 1. The fourth-order valence-electron chi connectivity index (χ4n) is 2.17.